The molecule has 0 saturated carbocycles. The molecule has 0 N–H and O–H groups in total. The van der Waals surface area contributed by atoms with Gasteiger partial charge in [0.05, 0.1) is 19.3 Å². The second-order valence-corrected chi connectivity index (χ2v) is 10.1. The second kappa shape index (κ2) is 15.6. The van der Waals surface area contributed by atoms with Crippen LogP contribution >= 0.6 is 0 Å². The Morgan fingerprint density at radius 2 is 1.07 bits per heavy atom. The number of carbonyl (C=O) groups is 2. The van der Waals surface area contributed by atoms with E-state index in [4.69, 9.17) is 28.4 Å². The highest BCUT2D eigenvalue weighted by atomic mass is 16.6. The van der Waals surface area contributed by atoms with Crippen molar-refractivity contribution in [2.45, 2.75) is 31.3 Å². The fourth-order valence-electron chi connectivity index (χ4n) is 4.61. The zero-order chi connectivity index (χ0) is 30.5. The summed E-state index contributed by atoms with van der Waals surface area (Å²) in [6.45, 7) is 11.2. The number of benzene rings is 3. The topological polar surface area (TPSA) is 92.8 Å². The predicted molar refractivity (Wildman–Crippen MR) is 163 cm³/mol. The normalized spacial score (nSPS) is 13.8. The van der Waals surface area contributed by atoms with Crippen LogP contribution in [0.5, 0.6) is 17.2 Å². The number of esters is 2. The minimum absolute atomic E-state index is 0.137. The van der Waals surface area contributed by atoms with E-state index in [0.29, 0.717) is 24.2 Å². The predicted octanol–water partition coefficient (Wildman–Crippen LogP) is 5.81. The standard InChI is InChI=1S/C35H38O8/c1-4-33(36)41-23-21-39-30-16-10-27(11-17-30)35(3,26-8-14-29(15-9-26)38-20-6-7-32-25-43-32)28-12-18-31(19-13-28)40-22-24-42-34(37)5-2/h4-5,8-19,32H,1-2,6-7,20-25H2,3H3. The van der Waals surface area contributed by atoms with E-state index in [1.54, 1.807) is 0 Å². The molecule has 8 nitrogen and oxygen atoms in total. The van der Waals surface area contributed by atoms with Crippen LogP contribution in [0.1, 0.15) is 36.5 Å². The van der Waals surface area contributed by atoms with Crippen molar-refractivity contribution < 1.29 is 38.0 Å². The smallest absolute Gasteiger partial charge is 0.330 e. The molecule has 43 heavy (non-hydrogen) atoms. The molecule has 0 spiro atoms. The van der Waals surface area contributed by atoms with Gasteiger partial charge in [0.25, 0.3) is 0 Å². The molecule has 4 rings (SSSR count). The third kappa shape index (κ3) is 9.21. The van der Waals surface area contributed by atoms with Crippen molar-refractivity contribution in [3.63, 3.8) is 0 Å². The van der Waals surface area contributed by atoms with E-state index >= 15 is 0 Å². The summed E-state index contributed by atoms with van der Waals surface area (Å²) in [7, 11) is 0. The van der Waals surface area contributed by atoms with Crippen LogP contribution in [0.15, 0.2) is 98.1 Å². The van der Waals surface area contributed by atoms with Gasteiger partial charge < -0.3 is 28.4 Å². The first-order valence-electron chi connectivity index (χ1n) is 14.3. The summed E-state index contributed by atoms with van der Waals surface area (Å²) in [5, 5.41) is 0. The van der Waals surface area contributed by atoms with Gasteiger partial charge in [-0.15, -0.1) is 0 Å². The van der Waals surface area contributed by atoms with E-state index in [-0.39, 0.29) is 26.4 Å². The molecule has 3 aromatic rings. The summed E-state index contributed by atoms with van der Waals surface area (Å²) in [4.78, 5) is 22.5. The molecule has 0 amide bonds. The average Bonchev–Trinajstić information content (AvgIpc) is 3.88. The fraction of sp³-hybridized carbons (Fsp3) is 0.314. The average molecular weight is 587 g/mol. The molecule has 1 fully saturated rings. The zero-order valence-electron chi connectivity index (χ0n) is 24.5. The highest BCUT2D eigenvalue weighted by molar-refractivity contribution is 5.81. The number of epoxide rings is 1. The van der Waals surface area contributed by atoms with E-state index in [1.807, 2.05) is 60.7 Å². The molecule has 0 aromatic heterocycles. The first kappa shape index (κ1) is 31.4. The highest BCUT2D eigenvalue weighted by Gasteiger charge is 2.31. The molecule has 226 valence electrons. The molecule has 8 heteroatoms. The van der Waals surface area contributed by atoms with Gasteiger partial charge in [0.1, 0.15) is 43.7 Å². The summed E-state index contributed by atoms with van der Waals surface area (Å²) < 4.78 is 32.7. The summed E-state index contributed by atoms with van der Waals surface area (Å²) in [5.41, 5.74) is 2.68. The van der Waals surface area contributed by atoms with Crippen LogP contribution < -0.4 is 14.2 Å². The molecule has 1 heterocycles. The maximum Gasteiger partial charge on any atom is 0.330 e. The van der Waals surface area contributed by atoms with Crippen molar-refractivity contribution in [1.82, 2.24) is 0 Å². The van der Waals surface area contributed by atoms with Crippen LogP contribution in [0.25, 0.3) is 0 Å². The molecule has 0 bridgehead atoms. The van der Waals surface area contributed by atoms with Crippen molar-refractivity contribution in [3.8, 4) is 17.2 Å². The third-order valence-corrected chi connectivity index (χ3v) is 7.16. The SMILES string of the molecule is C=CC(=O)OCCOc1ccc(C(C)(c2ccc(OCCCC3CO3)cc2)c2ccc(OCCOC(=O)C=C)cc2)cc1. The lowest BCUT2D eigenvalue weighted by Crippen LogP contribution is -2.25. The van der Waals surface area contributed by atoms with Gasteiger partial charge in [-0.3, -0.25) is 0 Å². The summed E-state index contributed by atoms with van der Waals surface area (Å²) in [5.74, 6) is 1.20. The molecular formula is C35H38O8. The van der Waals surface area contributed by atoms with Gasteiger partial charge in [-0.1, -0.05) is 49.6 Å². The summed E-state index contributed by atoms with van der Waals surface area (Å²) in [6, 6.07) is 24.0. The van der Waals surface area contributed by atoms with Crippen LogP contribution in [0.3, 0.4) is 0 Å². The quantitative estimate of drug-likeness (QED) is 0.0606. The monoisotopic (exact) mass is 586 g/mol. The molecule has 3 aromatic carbocycles. The Morgan fingerprint density at radius 1 is 0.698 bits per heavy atom. The van der Waals surface area contributed by atoms with Gasteiger partial charge in [0.15, 0.2) is 0 Å². The van der Waals surface area contributed by atoms with E-state index in [0.717, 1.165) is 54.0 Å². The van der Waals surface area contributed by atoms with Crippen molar-refractivity contribution in [2.75, 3.05) is 39.6 Å². The van der Waals surface area contributed by atoms with Crippen molar-refractivity contribution >= 4 is 11.9 Å². The molecule has 1 saturated heterocycles. The Kier molecular flexibility index (Phi) is 11.4. The lowest BCUT2D eigenvalue weighted by molar-refractivity contribution is -0.139. The van der Waals surface area contributed by atoms with Crippen LogP contribution in [-0.2, 0) is 29.2 Å². The number of carbonyl (C=O) groups excluding carboxylic acids is 2. The largest absolute Gasteiger partial charge is 0.494 e. The lowest BCUT2D eigenvalue weighted by atomic mass is 9.71. The number of hydrogen-bond acceptors (Lipinski definition) is 8. The third-order valence-electron chi connectivity index (χ3n) is 7.16. The van der Waals surface area contributed by atoms with Gasteiger partial charge in [-0.2, -0.15) is 0 Å². The highest BCUT2D eigenvalue weighted by Crippen LogP contribution is 2.40. The Morgan fingerprint density at radius 3 is 1.42 bits per heavy atom. The van der Waals surface area contributed by atoms with Gasteiger partial charge >= 0.3 is 11.9 Å². The number of rotatable bonds is 18. The molecular weight excluding hydrogens is 548 g/mol. The summed E-state index contributed by atoms with van der Waals surface area (Å²) >= 11 is 0. The second-order valence-electron chi connectivity index (χ2n) is 10.1. The van der Waals surface area contributed by atoms with Crippen molar-refractivity contribution in [2.24, 2.45) is 0 Å². The number of hydrogen-bond donors (Lipinski definition) is 0. The van der Waals surface area contributed by atoms with Crippen LogP contribution in [0.2, 0.25) is 0 Å². The van der Waals surface area contributed by atoms with E-state index in [1.165, 1.54) is 0 Å². The van der Waals surface area contributed by atoms with Crippen LogP contribution in [-0.4, -0.2) is 57.7 Å². The number of ether oxygens (including phenoxy) is 6. The van der Waals surface area contributed by atoms with E-state index < -0.39 is 17.4 Å². The maximum absolute atomic E-state index is 11.2. The molecule has 1 aliphatic heterocycles. The first-order chi connectivity index (χ1) is 20.9. The lowest BCUT2D eigenvalue weighted by Gasteiger charge is -2.32. The molecule has 0 aliphatic carbocycles. The Labute approximate surface area is 252 Å². The molecule has 0 radical (unpaired) electrons. The zero-order valence-corrected chi connectivity index (χ0v) is 24.5. The Balaban J connectivity index is 1.49. The van der Waals surface area contributed by atoms with E-state index in [2.05, 4.69) is 32.2 Å². The summed E-state index contributed by atoms with van der Waals surface area (Å²) in [6.07, 6.45) is 4.64. The fourth-order valence-corrected chi connectivity index (χ4v) is 4.61. The van der Waals surface area contributed by atoms with Gasteiger partial charge in [-0.25, -0.2) is 9.59 Å². The van der Waals surface area contributed by atoms with Crippen molar-refractivity contribution in [3.05, 3.63) is 115 Å². The van der Waals surface area contributed by atoms with Crippen LogP contribution in [0, 0.1) is 0 Å². The first-order valence-corrected chi connectivity index (χ1v) is 14.3. The minimum atomic E-state index is -0.516. The molecule has 1 unspecified atom stereocenters. The van der Waals surface area contributed by atoms with Gasteiger partial charge in [0.2, 0.25) is 0 Å². The maximum atomic E-state index is 11.2. The van der Waals surface area contributed by atoms with Crippen LogP contribution in [0.4, 0.5) is 0 Å². The van der Waals surface area contributed by atoms with Gasteiger partial charge in [-0.05, 0) is 72.9 Å². The van der Waals surface area contributed by atoms with E-state index in [9.17, 15) is 9.59 Å². The molecule has 1 atom stereocenters. The molecule has 1 aliphatic rings. The minimum Gasteiger partial charge on any atom is -0.494 e. The van der Waals surface area contributed by atoms with Crippen molar-refractivity contribution in [1.29, 1.82) is 0 Å². The van der Waals surface area contributed by atoms with Gasteiger partial charge in [0, 0.05) is 17.6 Å². The Hall–Kier alpha value is -4.56. The Bertz CT molecular complexity index is 1270.